The number of aliphatic carboxylic acids is 1. The minimum absolute atomic E-state index is 0.288. The van der Waals surface area contributed by atoms with Crippen molar-refractivity contribution in [2.24, 2.45) is 5.41 Å². The monoisotopic (exact) mass is 271 g/mol. The number of amides is 1. The third-order valence-electron chi connectivity index (χ3n) is 3.71. The Labute approximate surface area is 112 Å². The molecular weight excluding hydrogens is 250 g/mol. The van der Waals surface area contributed by atoms with Crippen LogP contribution in [0, 0.1) is 5.41 Å². The highest BCUT2D eigenvalue weighted by molar-refractivity contribution is 5.89. The molecule has 2 N–H and O–H groups in total. The van der Waals surface area contributed by atoms with Crippen molar-refractivity contribution >= 4 is 17.8 Å². The summed E-state index contributed by atoms with van der Waals surface area (Å²) in [7, 11) is 1.19. The molecule has 0 aromatic heterocycles. The molecule has 19 heavy (non-hydrogen) atoms. The Kier molecular flexibility index (Phi) is 5.32. The molecule has 0 radical (unpaired) electrons. The lowest BCUT2D eigenvalue weighted by atomic mass is 9.75. The lowest BCUT2D eigenvalue weighted by Crippen LogP contribution is -2.49. The fraction of sp³-hybridized carbons (Fsp3) is 0.769. The van der Waals surface area contributed by atoms with Gasteiger partial charge in [-0.3, -0.25) is 9.59 Å². The topological polar surface area (TPSA) is 92.7 Å². The molecule has 1 fully saturated rings. The van der Waals surface area contributed by atoms with Crippen molar-refractivity contribution in [1.82, 2.24) is 5.32 Å². The molecule has 1 aliphatic carbocycles. The summed E-state index contributed by atoms with van der Waals surface area (Å²) in [5, 5.41) is 11.5. The van der Waals surface area contributed by atoms with Gasteiger partial charge >= 0.3 is 11.9 Å². The first-order chi connectivity index (χ1) is 8.89. The molecule has 0 aromatic rings. The molecule has 1 amide bonds. The van der Waals surface area contributed by atoms with E-state index in [9.17, 15) is 14.4 Å². The molecule has 1 aliphatic rings. The Morgan fingerprint density at radius 2 is 1.84 bits per heavy atom. The fourth-order valence-corrected chi connectivity index (χ4v) is 2.34. The smallest absolute Gasteiger partial charge is 0.326 e. The summed E-state index contributed by atoms with van der Waals surface area (Å²) in [5.74, 6) is -2.16. The Balaban J connectivity index is 2.65. The van der Waals surface area contributed by atoms with Crippen LogP contribution >= 0.6 is 0 Å². The van der Waals surface area contributed by atoms with Gasteiger partial charge < -0.3 is 15.2 Å². The predicted octanol–water partition coefficient (Wildman–Crippen LogP) is 1.09. The van der Waals surface area contributed by atoms with Crippen LogP contribution in [0.2, 0.25) is 0 Å². The number of esters is 1. The highest BCUT2D eigenvalue weighted by Crippen LogP contribution is 2.35. The lowest BCUT2D eigenvalue weighted by molar-refractivity contribution is -0.150. The van der Waals surface area contributed by atoms with Gasteiger partial charge in [-0.25, -0.2) is 4.79 Å². The summed E-state index contributed by atoms with van der Waals surface area (Å²) in [4.78, 5) is 34.4. The van der Waals surface area contributed by atoms with Crippen molar-refractivity contribution in [3.8, 4) is 0 Å². The predicted molar refractivity (Wildman–Crippen MR) is 67.4 cm³/mol. The molecule has 1 atom stereocenters. The average Bonchev–Trinajstić information content (AvgIpc) is 2.38. The van der Waals surface area contributed by atoms with E-state index in [4.69, 9.17) is 5.11 Å². The summed E-state index contributed by atoms with van der Waals surface area (Å²) >= 11 is 0. The second-order valence-corrected chi connectivity index (χ2v) is 5.27. The van der Waals surface area contributed by atoms with Gasteiger partial charge in [0.15, 0.2) is 0 Å². The van der Waals surface area contributed by atoms with Gasteiger partial charge in [0.05, 0.1) is 13.5 Å². The summed E-state index contributed by atoms with van der Waals surface area (Å²) < 4.78 is 4.43. The molecule has 0 unspecified atom stereocenters. The van der Waals surface area contributed by atoms with Gasteiger partial charge in [0, 0.05) is 5.41 Å². The molecule has 1 saturated carbocycles. The number of carbonyl (C=O) groups is 3. The number of carboxylic acids is 1. The van der Waals surface area contributed by atoms with Crippen molar-refractivity contribution in [2.75, 3.05) is 7.11 Å². The van der Waals surface area contributed by atoms with E-state index >= 15 is 0 Å². The quantitative estimate of drug-likeness (QED) is 0.730. The van der Waals surface area contributed by atoms with E-state index in [0.29, 0.717) is 0 Å². The minimum Gasteiger partial charge on any atom is -0.480 e. The molecule has 0 bridgehead atoms. The maximum absolute atomic E-state index is 12.2. The van der Waals surface area contributed by atoms with Gasteiger partial charge in [0.2, 0.25) is 5.91 Å². The number of rotatable bonds is 5. The zero-order chi connectivity index (χ0) is 14.5. The number of methoxy groups -OCH3 is 1. The molecule has 0 aromatic carbocycles. The van der Waals surface area contributed by atoms with Crippen molar-refractivity contribution < 1.29 is 24.2 Å². The van der Waals surface area contributed by atoms with Gasteiger partial charge in [0.25, 0.3) is 0 Å². The highest BCUT2D eigenvalue weighted by atomic mass is 16.5. The Morgan fingerprint density at radius 1 is 1.26 bits per heavy atom. The molecule has 6 nitrogen and oxygen atoms in total. The number of carboxylic acid groups (broad SMARTS) is 1. The second kappa shape index (κ2) is 6.54. The van der Waals surface area contributed by atoms with Crippen LogP contribution in [0.1, 0.15) is 45.4 Å². The van der Waals surface area contributed by atoms with Crippen LogP contribution < -0.4 is 5.32 Å². The molecule has 108 valence electrons. The van der Waals surface area contributed by atoms with E-state index in [-0.39, 0.29) is 12.3 Å². The van der Waals surface area contributed by atoms with Gasteiger partial charge in [-0.1, -0.05) is 26.2 Å². The number of carbonyl (C=O) groups excluding carboxylic acids is 2. The molecule has 6 heteroatoms. The van der Waals surface area contributed by atoms with Crippen molar-refractivity contribution in [3.63, 3.8) is 0 Å². The highest BCUT2D eigenvalue weighted by Gasteiger charge is 2.37. The first-order valence-electron chi connectivity index (χ1n) is 6.49. The maximum atomic E-state index is 12.2. The van der Waals surface area contributed by atoms with Crippen LogP contribution in [0.15, 0.2) is 0 Å². The van der Waals surface area contributed by atoms with Gasteiger partial charge in [-0.15, -0.1) is 0 Å². The fourth-order valence-electron chi connectivity index (χ4n) is 2.34. The number of nitrogens with one attached hydrogen (secondary N) is 1. The van der Waals surface area contributed by atoms with Crippen molar-refractivity contribution in [3.05, 3.63) is 0 Å². The zero-order valence-corrected chi connectivity index (χ0v) is 11.4. The average molecular weight is 271 g/mol. The summed E-state index contributed by atoms with van der Waals surface area (Å²) in [5.41, 5.74) is -0.526. The number of hydrogen-bond donors (Lipinski definition) is 2. The molecule has 1 rings (SSSR count). The maximum Gasteiger partial charge on any atom is 0.326 e. The van der Waals surface area contributed by atoms with Crippen LogP contribution in [-0.4, -0.2) is 36.1 Å². The second-order valence-electron chi connectivity index (χ2n) is 5.27. The molecule has 0 spiro atoms. The SMILES string of the molecule is COC(=O)C[C@H](NC(=O)C1(C)CCCCC1)C(=O)O. The molecular formula is C13H21NO5. The van der Waals surface area contributed by atoms with Crippen LogP contribution in [0.25, 0.3) is 0 Å². The molecule has 0 aliphatic heterocycles. The van der Waals surface area contributed by atoms with E-state index in [2.05, 4.69) is 10.1 Å². The van der Waals surface area contributed by atoms with E-state index < -0.39 is 23.4 Å². The first-order valence-corrected chi connectivity index (χ1v) is 6.49. The third kappa shape index (κ3) is 4.22. The summed E-state index contributed by atoms with van der Waals surface area (Å²) in [6, 6.07) is -1.22. The van der Waals surface area contributed by atoms with Crippen molar-refractivity contribution in [2.45, 2.75) is 51.5 Å². The zero-order valence-electron chi connectivity index (χ0n) is 11.4. The van der Waals surface area contributed by atoms with E-state index in [1.807, 2.05) is 6.92 Å². The lowest BCUT2D eigenvalue weighted by Gasteiger charge is -2.33. The van der Waals surface area contributed by atoms with E-state index in [1.54, 1.807) is 0 Å². The molecule has 0 saturated heterocycles. The Hall–Kier alpha value is -1.59. The van der Waals surface area contributed by atoms with Gasteiger partial charge in [-0.05, 0) is 12.8 Å². The summed E-state index contributed by atoms with van der Waals surface area (Å²) in [6.07, 6.45) is 4.20. The van der Waals surface area contributed by atoms with Crippen LogP contribution in [0.4, 0.5) is 0 Å². The standard InChI is InChI=1S/C13H21NO5/c1-13(6-4-3-5-7-13)12(18)14-9(11(16)17)8-10(15)19-2/h9H,3-8H2,1-2H3,(H,14,18)(H,16,17)/t9-/m0/s1. The van der Waals surface area contributed by atoms with Crippen LogP contribution in [0.5, 0.6) is 0 Å². The minimum atomic E-state index is -1.22. The van der Waals surface area contributed by atoms with E-state index in [0.717, 1.165) is 32.1 Å². The Morgan fingerprint density at radius 3 is 2.32 bits per heavy atom. The van der Waals surface area contributed by atoms with Crippen LogP contribution in [0.3, 0.4) is 0 Å². The van der Waals surface area contributed by atoms with Crippen LogP contribution in [-0.2, 0) is 19.1 Å². The Bertz CT molecular complexity index is 360. The third-order valence-corrected chi connectivity index (χ3v) is 3.71. The van der Waals surface area contributed by atoms with Gasteiger partial charge in [-0.2, -0.15) is 0 Å². The summed E-state index contributed by atoms with van der Waals surface area (Å²) in [6.45, 7) is 1.85. The first kappa shape index (κ1) is 15.5. The van der Waals surface area contributed by atoms with Gasteiger partial charge in [0.1, 0.15) is 6.04 Å². The number of hydrogen-bond acceptors (Lipinski definition) is 4. The largest absolute Gasteiger partial charge is 0.480 e. The van der Waals surface area contributed by atoms with E-state index in [1.165, 1.54) is 7.11 Å². The molecule has 0 heterocycles. The van der Waals surface area contributed by atoms with Crippen molar-refractivity contribution in [1.29, 1.82) is 0 Å². The number of ether oxygens (including phenoxy) is 1. The normalized spacial score (nSPS) is 19.3.